The molecule has 112 valence electrons. The summed E-state index contributed by atoms with van der Waals surface area (Å²) in [6, 6.07) is 2.18. The molecule has 1 aliphatic rings. The van der Waals surface area contributed by atoms with Gasteiger partial charge in [0.15, 0.2) is 0 Å². The zero-order valence-electron chi connectivity index (χ0n) is 10.7. The van der Waals surface area contributed by atoms with Gasteiger partial charge in [-0.05, 0) is 34.5 Å². The summed E-state index contributed by atoms with van der Waals surface area (Å²) in [5.74, 6) is -0.790. The minimum Gasteiger partial charge on any atom is -0.480 e. The van der Waals surface area contributed by atoms with Crippen molar-refractivity contribution in [1.82, 2.24) is 4.31 Å². The molecule has 2 heterocycles. The highest BCUT2D eigenvalue weighted by Crippen LogP contribution is 2.39. The van der Waals surface area contributed by atoms with Crippen molar-refractivity contribution in [2.75, 3.05) is 5.75 Å². The molecule has 0 saturated carbocycles. The van der Waals surface area contributed by atoms with Crippen LogP contribution in [0.5, 0.6) is 0 Å². The van der Waals surface area contributed by atoms with Crippen LogP contribution >= 0.6 is 39.0 Å². The van der Waals surface area contributed by atoms with Crippen molar-refractivity contribution in [3.63, 3.8) is 0 Å². The van der Waals surface area contributed by atoms with E-state index < -0.39 is 22.0 Å². The summed E-state index contributed by atoms with van der Waals surface area (Å²) in [6.45, 7) is 1.96. The largest absolute Gasteiger partial charge is 0.480 e. The molecular weight excluding hydrogens is 386 g/mol. The summed E-state index contributed by atoms with van der Waals surface area (Å²) in [5.41, 5.74) is 0. The van der Waals surface area contributed by atoms with Gasteiger partial charge >= 0.3 is 5.97 Å². The first-order chi connectivity index (χ1) is 9.37. The number of hydrogen-bond acceptors (Lipinski definition) is 5. The van der Waals surface area contributed by atoms with Crippen LogP contribution in [0.15, 0.2) is 20.1 Å². The molecule has 20 heavy (non-hydrogen) atoms. The van der Waals surface area contributed by atoms with Crippen molar-refractivity contribution in [3.8, 4) is 0 Å². The van der Waals surface area contributed by atoms with Crippen LogP contribution in [0.1, 0.15) is 19.8 Å². The summed E-state index contributed by atoms with van der Waals surface area (Å²) in [6.07, 6.45) is 1.46. The highest BCUT2D eigenvalue weighted by atomic mass is 79.9. The fraction of sp³-hybridized carbons (Fsp3) is 0.545. The SMILES string of the molecule is CCCC1SCC(C(=O)O)N1S(=O)(=O)c1ccc(Br)s1. The molecule has 0 aliphatic carbocycles. The Balaban J connectivity index is 2.41. The Morgan fingerprint density at radius 3 is 2.75 bits per heavy atom. The van der Waals surface area contributed by atoms with Crippen molar-refractivity contribution in [2.45, 2.75) is 35.4 Å². The van der Waals surface area contributed by atoms with E-state index in [2.05, 4.69) is 15.9 Å². The first-order valence-corrected chi connectivity index (χ1v) is 10.1. The van der Waals surface area contributed by atoms with Crippen LogP contribution in [-0.4, -0.2) is 41.0 Å². The average molecular weight is 400 g/mol. The molecule has 2 atom stereocenters. The molecule has 5 nitrogen and oxygen atoms in total. The minimum atomic E-state index is -3.76. The normalized spacial score (nSPS) is 24.1. The lowest BCUT2D eigenvalue weighted by Crippen LogP contribution is -2.45. The fourth-order valence-electron chi connectivity index (χ4n) is 2.05. The molecule has 1 fully saturated rings. The second-order valence-electron chi connectivity index (χ2n) is 4.32. The maximum atomic E-state index is 12.7. The molecule has 1 saturated heterocycles. The highest BCUT2D eigenvalue weighted by Gasteiger charge is 2.46. The Morgan fingerprint density at radius 1 is 1.55 bits per heavy atom. The van der Waals surface area contributed by atoms with Crippen LogP contribution in [0.3, 0.4) is 0 Å². The molecule has 1 aromatic heterocycles. The molecule has 0 aromatic carbocycles. The first kappa shape index (κ1) is 16.3. The molecule has 2 unspecified atom stereocenters. The van der Waals surface area contributed by atoms with E-state index in [1.165, 1.54) is 22.1 Å². The average Bonchev–Trinajstić information content (AvgIpc) is 2.96. The van der Waals surface area contributed by atoms with Crippen LogP contribution < -0.4 is 0 Å². The van der Waals surface area contributed by atoms with Gasteiger partial charge in [-0.25, -0.2) is 8.42 Å². The number of thioether (sulfide) groups is 1. The summed E-state index contributed by atoms with van der Waals surface area (Å²) in [4.78, 5) is 11.3. The highest BCUT2D eigenvalue weighted by molar-refractivity contribution is 9.11. The molecule has 1 aromatic rings. The van der Waals surface area contributed by atoms with E-state index in [-0.39, 0.29) is 9.58 Å². The van der Waals surface area contributed by atoms with Gasteiger partial charge in [0.25, 0.3) is 10.0 Å². The summed E-state index contributed by atoms with van der Waals surface area (Å²) >= 11 is 5.74. The Morgan fingerprint density at radius 2 is 2.25 bits per heavy atom. The van der Waals surface area contributed by atoms with E-state index in [4.69, 9.17) is 0 Å². The lowest BCUT2D eigenvalue weighted by atomic mass is 10.3. The molecule has 9 heteroatoms. The van der Waals surface area contributed by atoms with Crippen molar-refractivity contribution < 1.29 is 18.3 Å². The molecule has 0 spiro atoms. The number of sulfonamides is 1. The molecule has 0 radical (unpaired) electrons. The van der Waals surface area contributed by atoms with E-state index in [1.54, 1.807) is 6.07 Å². The van der Waals surface area contributed by atoms with Gasteiger partial charge < -0.3 is 5.11 Å². The number of thiophene rings is 1. The van der Waals surface area contributed by atoms with Gasteiger partial charge in [-0.2, -0.15) is 4.31 Å². The fourth-order valence-corrected chi connectivity index (χ4v) is 7.82. The lowest BCUT2D eigenvalue weighted by molar-refractivity contribution is -0.140. The van der Waals surface area contributed by atoms with Crippen molar-refractivity contribution >= 4 is 55.0 Å². The Hall–Kier alpha value is -0.0900. The van der Waals surface area contributed by atoms with Gasteiger partial charge in [-0.1, -0.05) is 13.3 Å². The number of halogens is 1. The van der Waals surface area contributed by atoms with Crippen LogP contribution in [0.2, 0.25) is 0 Å². The number of rotatable bonds is 5. The van der Waals surface area contributed by atoms with E-state index in [0.717, 1.165) is 17.8 Å². The number of carboxylic acid groups (broad SMARTS) is 1. The van der Waals surface area contributed by atoms with Crippen LogP contribution in [0.25, 0.3) is 0 Å². The van der Waals surface area contributed by atoms with Crippen LogP contribution in [-0.2, 0) is 14.8 Å². The third-order valence-corrected chi connectivity index (χ3v) is 8.44. The number of aliphatic carboxylic acids is 1. The Bertz CT molecular complexity index is 601. The Labute approximate surface area is 134 Å². The first-order valence-electron chi connectivity index (χ1n) is 6.01. The topological polar surface area (TPSA) is 74.7 Å². The maximum absolute atomic E-state index is 12.7. The van der Waals surface area contributed by atoms with Gasteiger partial charge in [-0.15, -0.1) is 23.1 Å². The maximum Gasteiger partial charge on any atom is 0.322 e. The van der Waals surface area contributed by atoms with Crippen LogP contribution in [0, 0.1) is 0 Å². The third-order valence-electron chi connectivity index (χ3n) is 2.94. The van der Waals surface area contributed by atoms with E-state index in [1.807, 2.05) is 6.92 Å². The van der Waals surface area contributed by atoms with Crippen molar-refractivity contribution in [1.29, 1.82) is 0 Å². The van der Waals surface area contributed by atoms with Gasteiger partial charge in [0.05, 0.1) is 9.16 Å². The van der Waals surface area contributed by atoms with Gasteiger partial charge in [-0.3, -0.25) is 4.79 Å². The van der Waals surface area contributed by atoms with Crippen molar-refractivity contribution in [2.24, 2.45) is 0 Å². The van der Waals surface area contributed by atoms with E-state index >= 15 is 0 Å². The molecule has 0 bridgehead atoms. The lowest BCUT2D eigenvalue weighted by Gasteiger charge is -2.25. The summed E-state index contributed by atoms with van der Waals surface area (Å²) in [5, 5.41) is 8.96. The second-order valence-corrected chi connectivity index (χ2v) is 10.1. The number of hydrogen-bond donors (Lipinski definition) is 1. The predicted molar refractivity (Wildman–Crippen MR) is 83.6 cm³/mol. The second kappa shape index (κ2) is 6.35. The number of carbonyl (C=O) groups is 1. The molecule has 0 amide bonds. The molecular formula is C11H14BrNO4S3. The minimum absolute atomic E-state index is 0.180. The van der Waals surface area contributed by atoms with Gasteiger partial charge in [0, 0.05) is 5.75 Å². The standard InChI is InChI=1S/C11H14BrNO4S3/c1-2-3-9-13(7(6-18-9)11(14)15)20(16,17)10-5-4-8(12)19-10/h4-5,7,9H,2-3,6H2,1H3,(H,14,15). The van der Waals surface area contributed by atoms with Gasteiger partial charge in [0.2, 0.25) is 0 Å². The van der Waals surface area contributed by atoms with E-state index in [9.17, 15) is 18.3 Å². The number of carboxylic acids is 1. The smallest absolute Gasteiger partial charge is 0.322 e. The number of nitrogens with zero attached hydrogens (tertiary/aromatic N) is 1. The Kier molecular flexibility index (Phi) is 5.17. The van der Waals surface area contributed by atoms with Crippen LogP contribution in [0.4, 0.5) is 0 Å². The zero-order valence-corrected chi connectivity index (χ0v) is 14.7. The third kappa shape index (κ3) is 3.06. The van der Waals surface area contributed by atoms with Gasteiger partial charge in [0.1, 0.15) is 10.3 Å². The summed E-state index contributed by atoms with van der Waals surface area (Å²) in [7, 11) is -3.76. The molecule has 1 N–H and O–H groups in total. The molecule has 1 aliphatic heterocycles. The predicted octanol–water partition coefficient (Wildman–Crippen LogP) is 2.83. The quantitative estimate of drug-likeness (QED) is 0.823. The zero-order chi connectivity index (χ0) is 14.9. The summed E-state index contributed by atoms with van der Waals surface area (Å²) < 4.78 is 27.4. The monoisotopic (exact) mass is 399 g/mol. The van der Waals surface area contributed by atoms with E-state index in [0.29, 0.717) is 16.0 Å². The molecule has 2 rings (SSSR count). The van der Waals surface area contributed by atoms with Crippen molar-refractivity contribution in [3.05, 3.63) is 15.9 Å².